The minimum atomic E-state index is -0.986. The van der Waals surface area contributed by atoms with Gasteiger partial charge in [-0.1, -0.05) is 11.6 Å². The second-order valence-electron chi connectivity index (χ2n) is 3.00. The van der Waals surface area contributed by atoms with Crippen LogP contribution in [0.25, 0.3) is 5.78 Å². The summed E-state index contributed by atoms with van der Waals surface area (Å²) in [5, 5.41) is 12.9. The van der Waals surface area contributed by atoms with Crippen molar-refractivity contribution in [3.05, 3.63) is 23.2 Å². The van der Waals surface area contributed by atoms with Gasteiger partial charge in [-0.3, -0.25) is 4.79 Å². The number of fused-ring (bicyclic) bond motifs is 1. The second-order valence-corrected chi connectivity index (χ2v) is 3.36. The maximum atomic E-state index is 10.8. The van der Waals surface area contributed by atoms with Gasteiger partial charge in [0, 0.05) is 0 Å². The van der Waals surface area contributed by atoms with Gasteiger partial charge < -0.3 is 5.11 Å². The molecule has 1 N–H and O–H groups in total. The Bertz CT molecular complexity index is 524. The third kappa shape index (κ3) is 1.52. The van der Waals surface area contributed by atoms with Crippen LogP contribution in [0.1, 0.15) is 18.5 Å². The molecule has 0 fully saturated rings. The molecule has 0 aliphatic rings. The van der Waals surface area contributed by atoms with Crippen molar-refractivity contribution in [2.24, 2.45) is 0 Å². The number of carboxylic acid groups (broad SMARTS) is 1. The molecule has 2 aromatic heterocycles. The molecule has 0 saturated heterocycles. The quantitative estimate of drug-likeness (QED) is 0.825. The first-order valence-corrected chi connectivity index (χ1v) is 4.57. The fraction of sp³-hybridized carbons (Fsp3) is 0.250. The van der Waals surface area contributed by atoms with E-state index in [1.54, 1.807) is 0 Å². The number of halogens is 1. The van der Waals surface area contributed by atoms with Gasteiger partial charge in [0.1, 0.15) is 0 Å². The zero-order valence-electron chi connectivity index (χ0n) is 7.75. The van der Waals surface area contributed by atoms with Crippen LogP contribution in [0.2, 0.25) is 5.15 Å². The molecule has 15 heavy (non-hydrogen) atoms. The summed E-state index contributed by atoms with van der Waals surface area (Å²) in [7, 11) is 0. The van der Waals surface area contributed by atoms with Crippen LogP contribution in [0.5, 0.6) is 0 Å². The maximum Gasteiger partial charge on any atom is 0.312 e. The SMILES string of the molecule is CC(C(=O)O)c1nc2nccnn2c1Cl. The lowest BCUT2D eigenvalue weighted by Gasteiger charge is -2.00. The van der Waals surface area contributed by atoms with E-state index in [1.807, 2.05) is 0 Å². The first-order valence-electron chi connectivity index (χ1n) is 4.19. The van der Waals surface area contributed by atoms with Crippen molar-refractivity contribution in [3.8, 4) is 0 Å². The van der Waals surface area contributed by atoms with E-state index < -0.39 is 11.9 Å². The Morgan fingerprint density at radius 2 is 2.33 bits per heavy atom. The first kappa shape index (κ1) is 9.85. The van der Waals surface area contributed by atoms with Crippen molar-refractivity contribution < 1.29 is 9.90 Å². The average molecular weight is 227 g/mol. The molecule has 1 unspecified atom stereocenters. The van der Waals surface area contributed by atoms with Crippen molar-refractivity contribution in [2.45, 2.75) is 12.8 Å². The second kappa shape index (κ2) is 3.47. The van der Waals surface area contributed by atoms with E-state index in [2.05, 4.69) is 15.1 Å². The summed E-state index contributed by atoms with van der Waals surface area (Å²) in [4.78, 5) is 18.7. The molecular formula is C8H7ClN4O2. The van der Waals surface area contributed by atoms with Gasteiger partial charge >= 0.3 is 5.97 Å². The Morgan fingerprint density at radius 1 is 1.60 bits per heavy atom. The summed E-state index contributed by atoms with van der Waals surface area (Å²) < 4.78 is 1.30. The molecule has 6 nitrogen and oxygen atoms in total. The van der Waals surface area contributed by atoms with Gasteiger partial charge in [-0.15, -0.1) is 0 Å². The van der Waals surface area contributed by atoms with E-state index >= 15 is 0 Å². The number of hydrogen-bond acceptors (Lipinski definition) is 4. The molecule has 0 bridgehead atoms. The predicted molar refractivity (Wildman–Crippen MR) is 51.8 cm³/mol. The van der Waals surface area contributed by atoms with Crippen molar-refractivity contribution in [2.75, 3.05) is 0 Å². The number of aromatic nitrogens is 4. The van der Waals surface area contributed by atoms with Gasteiger partial charge in [0.15, 0.2) is 5.15 Å². The number of imidazole rings is 1. The molecule has 0 aromatic carbocycles. The number of hydrogen-bond donors (Lipinski definition) is 1. The highest BCUT2D eigenvalue weighted by molar-refractivity contribution is 6.30. The number of rotatable bonds is 2. The van der Waals surface area contributed by atoms with Gasteiger partial charge in [0.05, 0.1) is 24.0 Å². The normalized spacial score (nSPS) is 12.9. The van der Waals surface area contributed by atoms with Gasteiger partial charge in [-0.25, -0.2) is 9.97 Å². The van der Waals surface area contributed by atoms with Crippen LogP contribution in [-0.4, -0.2) is 30.7 Å². The zero-order valence-corrected chi connectivity index (χ0v) is 8.51. The standard InChI is InChI=1S/C8H7ClN4O2/c1-4(7(14)15)5-6(9)13-8(12-5)10-2-3-11-13/h2-4H,1H3,(H,14,15). The largest absolute Gasteiger partial charge is 0.481 e. The number of aliphatic carboxylic acids is 1. The zero-order chi connectivity index (χ0) is 11.0. The van der Waals surface area contributed by atoms with E-state index in [9.17, 15) is 4.79 Å². The molecule has 2 aromatic rings. The van der Waals surface area contributed by atoms with E-state index in [0.29, 0.717) is 5.78 Å². The van der Waals surface area contributed by atoms with Crippen molar-refractivity contribution in [3.63, 3.8) is 0 Å². The molecule has 0 amide bonds. The van der Waals surface area contributed by atoms with Gasteiger partial charge in [0.2, 0.25) is 0 Å². The Balaban J connectivity index is 2.63. The van der Waals surface area contributed by atoms with Gasteiger partial charge in [-0.05, 0) is 6.92 Å². The molecule has 7 heteroatoms. The lowest BCUT2D eigenvalue weighted by atomic mass is 10.1. The summed E-state index contributed by atoms with van der Waals surface area (Å²) >= 11 is 5.93. The molecule has 1 atom stereocenters. The van der Waals surface area contributed by atoms with Crippen LogP contribution in [0.4, 0.5) is 0 Å². The molecule has 0 aliphatic carbocycles. The Hall–Kier alpha value is -1.69. The van der Waals surface area contributed by atoms with Crippen molar-refractivity contribution >= 4 is 23.3 Å². The monoisotopic (exact) mass is 226 g/mol. The average Bonchev–Trinajstić information content (AvgIpc) is 2.56. The van der Waals surface area contributed by atoms with E-state index in [0.717, 1.165) is 0 Å². The van der Waals surface area contributed by atoms with Crippen LogP contribution >= 0.6 is 11.6 Å². The lowest BCUT2D eigenvalue weighted by molar-refractivity contribution is -0.138. The van der Waals surface area contributed by atoms with E-state index in [4.69, 9.17) is 16.7 Å². The number of carbonyl (C=O) groups is 1. The Labute approximate surface area is 89.5 Å². The van der Waals surface area contributed by atoms with Crippen molar-refractivity contribution in [1.29, 1.82) is 0 Å². The highest BCUT2D eigenvalue weighted by Crippen LogP contribution is 2.23. The first-order chi connectivity index (χ1) is 7.11. The molecule has 2 heterocycles. The topological polar surface area (TPSA) is 80.4 Å². The fourth-order valence-electron chi connectivity index (χ4n) is 1.17. The van der Waals surface area contributed by atoms with Crippen molar-refractivity contribution in [1.82, 2.24) is 19.6 Å². The van der Waals surface area contributed by atoms with Crippen LogP contribution in [-0.2, 0) is 4.79 Å². The highest BCUT2D eigenvalue weighted by Gasteiger charge is 2.22. The highest BCUT2D eigenvalue weighted by atomic mass is 35.5. The van der Waals surface area contributed by atoms with Gasteiger partial charge in [-0.2, -0.15) is 9.61 Å². The molecule has 0 saturated carbocycles. The third-order valence-electron chi connectivity index (χ3n) is 2.03. The summed E-state index contributed by atoms with van der Waals surface area (Å²) in [6.07, 6.45) is 2.92. The molecule has 0 aliphatic heterocycles. The smallest absolute Gasteiger partial charge is 0.312 e. The number of carboxylic acids is 1. The summed E-state index contributed by atoms with van der Waals surface area (Å²) in [5.41, 5.74) is 0.273. The summed E-state index contributed by atoms with van der Waals surface area (Å²) in [5.74, 6) is -1.47. The molecule has 0 spiro atoms. The lowest BCUT2D eigenvalue weighted by Crippen LogP contribution is -2.08. The van der Waals surface area contributed by atoms with Crippen LogP contribution in [0.15, 0.2) is 12.4 Å². The number of nitrogens with zero attached hydrogens (tertiary/aromatic N) is 4. The van der Waals surface area contributed by atoms with E-state index in [-0.39, 0.29) is 10.8 Å². The summed E-state index contributed by atoms with van der Waals surface area (Å²) in [6.45, 7) is 1.51. The van der Waals surface area contributed by atoms with Crippen LogP contribution < -0.4 is 0 Å². The minimum Gasteiger partial charge on any atom is -0.481 e. The maximum absolute atomic E-state index is 10.8. The van der Waals surface area contributed by atoms with E-state index in [1.165, 1.54) is 23.8 Å². The summed E-state index contributed by atoms with van der Waals surface area (Å²) in [6, 6.07) is 0. The molecule has 0 radical (unpaired) electrons. The minimum absolute atomic E-state index is 0.188. The fourth-order valence-corrected chi connectivity index (χ4v) is 1.50. The Kier molecular flexibility index (Phi) is 2.28. The third-order valence-corrected chi connectivity index (χ3v) is 2.38. The molecule has 78 valence electrons. The van der Waals surface area contributed by atoms with Crippen LogP contribution in [0.3, 0.4) is 0 Å². The predicted octanol–water partition coefficient (Wildman–Crippen LogP) is 0.966. The Morgan fingerprint density at radius 3 is 2.93 bits per heavy atom. The molecular weight excluding hydrogens is 220 g/mol. The molecule has 2 rings (SSSR count). The van der Waals surface area contributed by atoms with Crippen LogP contribution in [0, 0.1) is 0 Å². The van der Waals surface area contributed by atoms with Gasteiger partial charge in [0.25, 0.3) is 5.78 Å².